The van der Waals surface area contributed by atoms with Gasteiger partial charge in [-0.3, -0.25) is 11.3 Å². The molecule has 0 radical (unpaired) electrons. The van der Waals surface area contributed by atoms with Crippen molar-refractivity contribution in [3.8, 4) is 0 Å². The molecule has 1 aromatic rings. The molecule has 1 aromatic carbocycles. The van der Waals surface area contributed by atoms with Crippen LogP contribution in [0.25, 0.3) is 0 Å². The molecule has 0 spiro atoms. The molecule has 0 heterocycles. The second kappa shape index (κ2) is 7.79. The smallest absolute Gasteiger partial charge is 0.0636 e. The standard InChI is InChI=1S/C12H19BrN2O/c1-2-7-16-9-11(15-14)8-10-5-3-4-6-12(10)13/h3-6,11,15H,2,7-9,14H2,1H3. The van der Waals surface area contributed by atoms with Crippen molar-refractivity contribution < 1.29 is 4.74 Å². The number of halogens is 1. The molecule has 0 aliphatic carbocycles. The van der Waals surface area contributed by atoms with E-state index in [1.807, 2.05) is 18.2 Å². The first-order valence-electron chi connectivity index (χ1n) is 5.55. The van der Waals surface area contributed by atoms with Gasteiger partial charge in [-0.1, -0.05) is 41.1 Å². The molecule has 1 unspecified atom stereocenters. The topological polar surface area (TPSA) is 47.3 Å². The molecule has 0 saturated heterocycles. The van der Waals surface area contributed by atoms with E-state index < -0.39 is 0 Å². The maximum atomic E-state index is 5.51. The van der Waals surface area contributed by atoms with Gasteiger partial charge in [0.2, 0.25) is 0 Å². The highest BCUT2D eigenvalue weighted by Crippen LogP contribution is 2.17. The van der Waals surface area contributed by atoms with E-state index in [9.17, 15) is 0 Å². The van der Waals surface area contributed by atoms with Gasteiger partial charge in [0.1, 0.15) is 0 Å². The predicted molar refractivity (Wildman–Crippen MR) is 70.1 cm³/mol. The lowest BCUT2D eigenvalue weighted by atomic mass is 10.1. The summed E-state index contributed by atoms with van der Waals surface area (Å²) in [6, 6.07) is 8.32. The van der Waals surface area contributed by atoms with Crippen LogP contribution in [0.2, 0.25) is 0 Å². The van der Waals surface area contributed by atoms with E-state index in [1.54, 1.807) is 0 Å². The number of ether oxygens (including phenoxy) is 1. The fourth-order valence-corrected chi connectivity index (χ4v) is 1.91. The van der Waals surface area contributed by atoms with Crippen LogP contribution in [0.5, 0.6) is 0 Å². The van der Waals surface area contributed by atoms with Crippen molar-refractivity contribution in [3.63, 3.8) is 0 Å². The monoisotopic (exact) mass is 286 g/mol. The van der Waals surface area contributed by atoms with Crippen LogP contribution in [0.15, 0.2) is 28.7 Å². The first-order valence-corrected chi connectivity index (χ1v) is 6.34. The largest absolute Gasteiger partial charge is 0.380 e. The average Bonchev–Trinajstić information content (AvgIpc) is 2.30. The highest BCUT2D eigenvalue weighted by atomic mass is 79.9. The minimum atomic E-state index is 0.158. The normalized spacial score (nSPS) is 12.7. The van der Waals surface area contributed by atoms with Crippen molar-refractivity contribution >= 4 is 15.9 Å². The molecule has 0 fully saturated rings. The van der Waals surface area contributed by atoms with Crippen molar-refractivity contribution in [2.75, 3.05) is 13.2 Å². The van der Waals surface area contributed by atoms with Gasteiger partial charge in [-0.2, -0.15) is 0 Å². The Morgan fingerprint density at radius 3 is 2.81 bits per heavy atom. The van der Waals surface area contributed by atoms with Crippen LogP contribution in [0.1, 0.15) is 18.9 Å². The fourth-order valence-electron chi connectivity index (χ4n) is 1.47. The number of nitrogens with one attached hydrogen (secondary N) is 1. The summed E-state index contributed by atoms with van der Waals surface area (Å²) in [5.74, 6) is 5.51. The highest BCUT2D eigenvalue weighted by Gasteiger charge is 2.09. The van der Waals surface area contributed by atoms with Crippen LogP contribution in [0, 0.1) is 0 Å². The van der Waals surface area contributed by atoms with E-state index in [0.29, 0.717) is 6.61 Å². The minimum absolute atomic E-state index is 0.158. The minimum Gasteiger partial charge on any atom is -0.380 e. The summed E-state index contributed by atoms with van der Waals surface area (Å²) in [6.45, 7) is 3.53. The van der Waals surface area contributed by atoms with Gasteiger partial charge in [0.05, 0.1) is 6.61 Å². The third kappa shape index (κ3) is 4.61. The van der Waals surface area contributed by atoms with Crippen molar-refractivity contribution in [1.29, 1.82) is 0 Å². The average molecular weight is 287 g/mol. The van der Waals surface area contributed by atoms with Gasteiger partial charge in [0.15, 0.2) is 0 Å². The van der Waals surface area contributed by atoms with Crippen molar-refractivity contribution in [3.05, 3.63) is 34.3 Å². The molecule has 1 rings (SSSR count). The van der Waals surface area contributed by atoms with Gasteiger partial charge in [-0.15, -0.1) is 0 Å². The van der Waals surface area contributed by atoms with Crippen molar-refractivity contribution in [1.82, 2.24) is 5.43 Å². The van der Waals surface area contributed by atoms with Gasteiger partial charge < -0.3 is 4.74 Å². The summed E-state index contributed by atoms with van der Waals surface area (Å²) in [7, 11) is 0. The molecule has 0 saturated carbocycles. The Balaban J connectivity index is 2.46. The molecule has 90 valence electrons. The second-order valence-corrected chi connectivity index (χ2v) is 4.59. The van der Waals surface area contributed by atoms with Gasteiger partial charge in [-0.05, 0) is 24.5 Å². The number of rotatable bonds is 7. The number of hydrazine groups is 1. The first-order chi connectivity index (χ1) is 7.77. The van der Waals surface area contributed by atoms with E-state index >= 15 is 0 Å². The summed E-state index contributed by atoms with van der Waals surface area (Å²) < 4.78 is 6.61. The number of nitrogens with two attached hydrogens (primary N) is 1. The molecule has 1 atom stereocenters. The van der Waals surface area contributed by atoms with E-state index in [2.05, 4.69) is 34.3 Å². The third-order valence-corrected chi connectivity index (χ3v) is 3.10. The van der Waals surface area contributed by atoms with Crippen LogP contribution in [0.4, 0.5) is 0 Å². The summed E-state index contributed by atoms with van der Waals surface area (Å²) in [6.07, 6.45) is 1.90. The molecule has 0 aliphatic rings. The number of hydrogen-bond acceptors (Lipinski definition) is 3. The summed E-state index contributed by atoms with van der Waals surface area (Å²) in [5.41, 5.74) is 4.03. The van der Waals surface area contributed by atoms with Crippen molar-refractivity contribution in [2.24, 2.45) is 5.84 Å². The Kier molecular flexibility index (Phi) is 6.64. The Labute approximate surface area is 105 Å². The number of hydrogen-bond donors (Lipinski definition) is 2. The van der Waals surface area contributed by atoms with Crippen LogP contribution < -0.4 is 11.3 Å². The molecule has 16 heavy (non-hydrogen) atoms. The second-order valence-electron chi connectivity index (χ2n) is 3.73. The van der Waals surface area contributed by atoms with Gasteiger partial charge in [-0.25, -0.2) is 0 Å². The summed E-state index contributed by atoms with van der Waals surface area (Å²) >= 11 is 3.53. The van der Waals surface area contributed by atoms with E-state index in [-0.39, 0.29) is 6.04 Å². The lowest BCUT2D eigenvalue weighted by Gasteiger charge is -2.16. The van der Waals surface area contributed by atoms with Gasteiger partial charge in [0.25, 0.3) is 0 Å². The Bertz CT molecular complexity index is 307. The van der Waals surface area contributed by atoms with Crippen LogP contribution in [0.3, 0.4) is 0 Å². The SMILES string of the molecule is CCCOCC(Cc1ccccc1Br)NN. The predicted octanol–water partition coefficient (Wildman–Crippen LogP) is 2.25. The van der Waals surface area contributed by atoms with E-state index in [4.69, 9.17) is 10.6 Å². The Hall–Kier alpha value is -0.420. The molecule has 0 aliphatic heterocycles. The van der Waals surface area contributed by atoms with Gasteiger partial charge in [0, 0.05) is 17.1 Å². The molecule has 0 aromatic heterocycles. The van der Waals surface area contributed by atoms with Gasteiger partial charge >= 0.3 is 0 Å². The zero-order chi connectivity index (χ0) is 11.8. The van der Waals surface area contributed by atoms with Crippen molar-refractivity contribution in [2.45, 2.75) is 25.8 Å². The molecular formula is C12H19BrN2O. The molecule has 4 heteroatoms. The van der Waals surface area contributed by atoms with E-state index in [0.717, 1.165) is 23.9 Å². The third-order valence-electron chi connectivity index (χ3n) is 2.33. The first kappa shape index (κ1) is 13.6. The lowest BCUT2D eigenvalue weighted by molar-refractivity contribution is 0.112. The molecule has 0 bridgehead atoms. The zero-order valence-electron chi connectivity index (χ0n) is 9.58. The maximum absolute atomic E-state index is 5.51. The van der Waals surface area contributed by atoms with Crippen LogP contribution in [-0.4, -0.2) is 19.3 Å². The lowest BCUT2D eigenvalue weighted by Crippen LogP contribution is -2.40. The Morgan fingerprint density at radius 2 is 2.19 bits per heavy atom. The van der Waals surface area contributed by atoms with Crippen LogP contribution >= 0.6 is 15.9 Å². The zero-order valence-corrected chi connectivity index (χ0v) is 11.2. The summed E-state index contributed by atoms with van der Waals surface area (Å²) in [4.78, 5) is 0. The molecule has 0 amide bonds. The number of benzene rings is 1. The summed E-state index contributed by atoms with van der Waals surface area (Å²) in [5, 5.41) is 0. The fraction of sp³-hybridized carbons (Fsp3) is 0.500. The highest BCUT2D eigenvalue weighted by molar-refractivity contribution is 9.10. The van der Waals surface area contributed by atoms with Crippen LogP contribution in [-0.2, 0) is 11.2 Å². The van der Waals surface area contributed by atoms with E-state index in [1.165, 1.54) is 5.56 Å². The quantitative estimate of drug-likeness (QED) is 0.459. The molecular weight excluding hydrogens is 268 g/mol. The Morgan fingerprint density at radius 1 is 1.44 bits per heavy atom. The molecule has 3 N–H and O–H groups in total. The maximum Gasteiger partial charge on any atom is 0.0636 e. The molecule has 3 nitrogen and oxygen atoms in total.